The minimum Gasteiger partial charge on any atom is -0.355 e. The van der Waals surface area contributed by atoms with Gasteiger partial charge in [-0.25, -0.2) is 0 Å². The molecule has 2 heterocycles. The van der Waals surface area contributed by atoms with Crippen LogP contribution in [0.25, 0.3) is 0 Å². The molecule has 1 aromatic heterocycles. The van der Waals surface area contributed by atoms with E-state index in [1.165, 1.54) is 12.8 Å². The summed E-state index contributed by atoms with van der Waals surface area (Å²) in [7, 11) is 2.03. The van der Waals surface area contributed by atoms with E-state index in [4.69, 9.17) is 0 Å². The first-order chi connectivity index (χ1) is 7.29. The predicted molar refractivity (Wildman–Crippen MR) is 61.1 cm³/mol. The summed E-state index contributed by atoms with van der Waals surface area (Å²) in [5.41, 5.74) is 0.976. The van der Waals surface area contributed by atoms with Gasteiger partial charge in [0.15, 0.2) is 5.82 Å². The molecule has 2 rings (SSSR count). The van der Waals surface area contributed by atoms with Crippen molar-refractivity contribution in [3.05, 3.63) is 17.8 Å². The largest absolute Gasteiger partial charge is 0.355 e. The molecule has 1 N–H and O–H groups in total. The maximum absolute atomic E-state index is 4.21. The van der Waals surface area contributed by atoms with E-state index in [2.05, 4.69) is 26.5 Å². The molecular weight excluding hydrogens is 188 g/mol. The molecule has 4 heteroatoms. The molecule has 1 saturated heterocycles. The molecule has 0 bridgehead atoms. The van der Waals surface area contributed by atoms with E-state index in [1.807, 2.05) is 20.0 Å². The fourth-order valence-electron chi connectivity index (χ4n) is 1.96. The predicted octanol–water partition coefficient (Wildman–Crippen LogP) is 0.973. The van der Waals surface area contributed by atoms with Gasteiger partial charge >= 0.3 is 0 Å². The fourth-order valence-corrected chi connectivity index (χ4v) is 1.96. The van der Waals surface area contributed by atoms with Crippen LogP contribution >= 0.6 is 0 Å². The van der Waals surface area contributed by atoms with E-state index in [0.717, 1.165) is 24.6 Å². The molecule has 0 aromatic carbocycles. The number of nitrogens with zero attached hydrogens (tertiary/aromatic N) is 3. The summed E-state index contributed by atoms with van der Waals surface area (Å²) in [6.07, 6.45) is 2.37. The lowest BCUT2D eigenvalue weighted by molar-refractivity contribution is 0.440. The molecule has 0 atom stereocenters. The number of aryl methyl sites for hydroxylation is 1. The second-order valence-electron chi connectivity index (χ2n) is 4.08. The van der Waals surface area contributed by atoms with E-state index in [-0.39, 0.29) is 0 Å². The van der Waals surface area contributed by atoms with Gasteiger partial charge in [-0.05, 0) is 38.9 Å². The van der Waals surface area contributed by atoms with Gasteiger partial charge in [0.05, 0.1) is 5.69 Å². The van der Waals surface area contributed by atoms with Crippen LogP contribution in [0.2, 0.25) is 0 Å². The fraction of sp³-hybridized carbons (Fsp3) is 0.636. The van der Waals surface area contributed by atoms with E-state index >= 15 is 0 Å². The van der Waals surface area contributed by atoms with E-state index in [0.29, 0.717) is 6.04 Å². The Kier molecular flexibility index (Phi) is 3.16. The molecule has 0 unspecified atom stereocenters. The minimum absolute atomic E-state index is 0.666. The highest BCUT2D eigenvalue weighted by molar-refractivity contribution is 5.37. The van der Waals surface area contributed by atoms with Crippen LogP contribution < -0.4 is 10.2 Å². The zero-order valence-corrected chi connectivity index (χ0v) is 9.40. The Hall–Kier alpha value is -1.16. The SMILES string of the molecule is CNC1CCN(c2ccc(C)nn2)CC1. The standard InChI is InChI=1S/C11H18N4/c1-9-3-4-11(14-13-9)15-7-5-10(12-2)6-8-15/h3-4,10,12H,5-8H2,1-2H3. The molecule has 1 aliphatic heterocycles. The second kappa shape index (κ2) is 4.57. The smallest absolute Gasteiger partial charge is 0.151 e. The van der Waals surface area contributed by atoms with Gasteiger partial charge in [-0.3, -0.25) is 0 Å². The van der Waals surface area contributed by atoms with Crippen molar-refractivity contribution >= 4 is 5.82 Å². The summed E-state index contributed by atoms with van der Waals surface area (Å²) in [6, 6.07) is 4.74. The Bertz CT molecular complexity index is 301. The third-order valence-electron chi connectivity index (χ3n) is 3.01. The molecule has 1 fully saturated rings. The Morgan fingerprint density at radius 2 is 2.00 bits per heavy atom. The summed E-state index contributed by atoms with van der Waals surface area (Å²) in [6.45, 7) is 4.11. The average molecular weight is 206 g/mol. The summed E-state index contributed by atoms with van der Waals surface area (Å²) in [4.78, 5) is 2.31. The summed E-state index contributed by atoms with van der Waals surface area (Å²) < 4.78 is 0. The molecule has 82 valence electrons. The highest BCUT2D eigenvalue weighted by Crippen LogP contribution is 2.16. The van der Waals surface area contributed by atoms with Gasteiger partial charge in [0.25, 0.3) is 0 Å². The van der Waals surface area contributed by atoms with Crippen molar-refractivity contribution in [1.29, 1.82) is 0 Å². The van der Waals surface area contributed by atoms with Crippen LogP contribution in [0.3, 0.4) is 0 Å². The number of aromatic nitrogens is 2. The molecular formula is C11H18N4. The van der Waals surface area contributed by atoms with Crippen LogP contribution in [0.15, 0.2) is 12.1 Å². The van der Waals surface area contributed by atoms with Crippen molar-refractivity contribution in [2.75, 3.05) is 25.0 Å². The quantitative estimate of drug-likeness (QED) is 0.783. The highest BCUT2D eigenvalue weighted by Gasteiger charge is 2.18. The monoisotopic (exact) mass is 206 g/mol. The molecule has 0 saturated carbocycles. The zero-order valence-electron chi connectivity index (χ0n) is 9.40. The molecule has 0 radical (unpaired) electrons. The Labute approximate surface area is 90.7 Å². The Balaban J connectivity index is 1.98. The maximum atomic E-state index is 4.21. The third kappa shape index (κ3) is 2.45. The summed E-state index contributed by atoms with van der Waals surface area (Å²) >= 11 is 0. The number of rotatable bonds is 2. The van der Waals surface area contributed by atoms with Crippen molar-refractivity contribution in [3.8, 4) is 0 Å². The second-order valence-corrected chi connectivity index (χ2v) is 4.08. The lowest BCUT2D eigenvalue weighted by Crippen LogP contribution is -2.41. The first-order valence-electron chi connectivity index (χ1n) is 5.52. The van der Waals surface area contributed by atoms with Crippen LogP contribution in [-0.2, 0) is 0 Å². The van der Waals surface area contributed by atoms with Gasteiger partial charge in [-0.2, -0.15) is 5.10 Å². The Morgan fingerprint density at radius 3 is 2.53 bits per heavy atom. The van der Waals surface area contributed by atoms with Gasteiger partial charge in [-0.1, -0.05) is 0 Å². The van der Waals surface area contributed by atoms with E-state index in [9.17, 15) is 0 Å². The molecule has 1 aliphatic rings. The van der Waals surface area contributed by atoms with Gasteiger partial charge in [0, 0.05) is 19.1 Å². The normalized spacial score (nSPS) is 18.1. The molecule has 0 spiro atoms. The van der Waals surface area contributed by atoms with Crippen LogP contribution in [0, 0.1) is 6.92 Å². The minimum atomic E-state index is 0.666. The number of hydrogen-bond donors (Lipinski definition) is 1. The van der Waals surface area contributed by atoms with Gasteiger partial charge in [0.2, 0.25) is 0 Å². The Morgan fingerprint density at radius 1 is 1.27 bits per heavy atom. The van der Waals surface area contributed by atoms with Crippen molar-refractivity contribution in [3.63, 3.8) is 0 Å². The first-order valence-corrected chi connectivity index (χ1v) is 5.52. The summed E-state index contributed by atoms with van der Waals surface area (Å²) in [5, 5.41) is 11.6. The van der Waals surface area contributed by atoms with Gasteiger partial charge in [0.1, 0.15) is 0 Å². The van der Waals surface area contributed by atoms with Crippen molar-refractivity contribution in [1.82, 2.24) is 15.5 Å². The maximum Gasteiger partial charge on any atom is 0.151 e. The molecule has 0 amide bonds. The number of hydrogen-bond acceptors (Lipinski definition) is 4. The molecule has 0 aliphatic carbocycles. The highest BCUT2D eigenvalue weighted by atomic mass is 15.3. The number of piperidine rings is 1. The number of nitrogens with one attached hydrogen (secondary N) is 1. The van der Waals surface area contributed by atoms with Crippen molar-refractivity contribution in [2.24, 2.45) is 0 Å². The zero-order chi connectivity index (χ0) is 10.7. The number of anilines is 1. The molecule has 4 nitrogen and oxygen atoms in total. The van der Waals surface area contributed by atoms with E-state index < -0.39 is 0 Å². The average Bonchev–Trinajstić information content (AvgIpc) is 2.30. The van der Waals surface area contributed by atoms with Crippen molar-refractivity contribution in [2.45, 2.75) is 25.8 Å². The van der Waals surface area contributed by atoms with Gasteiger partial charge in [-0.15, -0.1) is 5.10 Å². The van der Waals surface area contributed by atoms with Crippen LogP contribution in [0.5, 0.6) is 0 Å². The summed E-state index contributed by atoms with van der Waals surface area (Å²) in [5.74, 6) is 1.01. The van der Waals surface area contributed by atoms with E-state index in [1.54, 1.807) is 0 Å². The van der Waals surface area contributed by atoms with Gasteiger partial charge < -0.3 is 10.2 Å². The lowest BCUT2D eigenvalue weighted by atomic mass is 10.1. The first kappa shape index (κ1) is 10.4. The van der Waals surface area contributed by atoms with Crippen molar-refractivity contribution < 1.29 is 0 Å². The molecule has 15 heavy (non-hydrogen) atoms. The molecule has 1 aromatic rings. The lowest BCUT2D eigenvalue weighted by Gasteiger charge is -2.32. The van der Waals surface area contributed by atoms with Crippen LogP contribution in [-0.4, -0.2) is 36.4 Å². The topological polar surface area (TPSA) is 41.0 Å². The van der Waals surface area contributed by atoms with Crippen LogP contribution in [0.1, 0.15) is 18.5 Å². The van der Waals surface area contributed by atoms with Crippen LogP contribution in [0.4, 0.5) is 5.82 Å². The third-order valence-corrected chi connectivity index (χ3v) is 3.01.